The van der Waals surface area contributed by atoms with Crippen LogP contribution < -0.4 is 11.1 Å². The van der Waals surface area contributed by atoms with Crippen LogP contribution in [0.15, 0.2) is 6.33 Å². The summed E-state index contributed by atoms with van der Waals surface area (Å²) < 4.78 is 0. The van der Waals surface area contributed by atoms with Gasteiger partial charge in [0, 0.05) is 30.0 Å². The lowest BCUT2D eigenvalue weighted by Gasteiger charge is -2.32. The number of nitrogens with zero attached hydrogens (tertiary/aromatic N) is 1. The van der Waals surface area contributed by atoms with Crippen LogP contribution in [0.3, 0.4) is 0 Å². The van der Waals surface area contributed by atoms with Crippen LogP contribution in [-0.2, 0) is 6.42 Å². The predicted octanol–water partition coefficient (Wildman–Crippen LogP) is 0.819. The van der Waals surface area contributed by atoms with Crippen molar-refractivity contribution in [1.29, 1.82) is 0 Å². The van der Waals surface area contributed by atoms with E-state index >= 15 is 0 Å². The van der Waals surface area contributed by atoms with Crippen molar-refractivity contribution in [3.8, 4) is 0 Å². The molecule has 1 aromatic heterocycles. The fourth-order valence-corrected chi connectivity index (χ4v) is 4.07. The maximum absolute atomic E-state index is 5.79. The van der Waals surface area contributed by atoms with E-state index in [-0.39, 0.29) is 0 Å². The molecular weight excluding hydrogens is 220 g/mol. The summed E-state index contributed by atoms with van der Waals surface area (Å²) in [6, 6.07) is 0.801. The number of nitrogens with one attached hydrogen (secondary N) is 2. The number of H-pyrrole nitrogens is 1. The van der Waals surface area contributed by atoms with Gasteiger partial charge in [0.05, 0.1) is 18.1 Å². The van der Waals surface area contributed by atoms with Crippen molar-refractivity contribution < 1.29 is 0 Å². The standard InChI is InChI=1S/C11H18N4S/c12-5-7-4-8-10(14-6-13-8)11(15-7)9-2-1-3-16-9/h6-7,9,11,15H,1-5,12H2,(H,13,14). The van der Waals surface area contributed by atoms with Crippen LogP contribution in [0, 0.1) is 0 Å². The summed E-state index contributed by atoms with van der Waals surface area (Å²) in [7, 11) is 0. The number of imidazole rings is 1. The van der Waals surface area contributed by atoms with E-state index in [2.05, 4.69) is 27.0 Å². The first kappa shape index (κ1) is 10.6. The molecule has 0 saturated carbocycles. The van der Waals surface area contributed by atoms with Gasteiger partial charge < -0.3 is 16.0 Å². The molecule has 0 aromatic carbocycles. The van der Waals surface area contributed by atoms with E-state index in [1.165, 1.54) is 30.0 Å². The molecule has 0 bridgehead atoms. The molecule has 1 aromatic rings. The minimum absolute atomic E-state index is 0.399. The topological polar surface area (TPSA) is 66.7 Å². The number of aromatic nitrogens is 2. The van der Waals surface area contributed by atoms with Crippen LogP contribution in [0.2, 0.25) is 0 Å². The van der Waals surface area contributed by atoms with E-state index in [0.29, 0.717) is 23.9 Å². The Morgan fingerprint density at radius 1 is 1.56 bits per heavy atom. The van der Waals surface area contributed by atoms with Gasteiger partial charge in [-0.15, -0.1) is 0 Å². The summed E-state index contributed by atoms with van der Waals surface area (Å²) >= 11 is 2.07. The normalized spacial score (nSPS) is 33.9. The van der Waals surface area contributed by atoms with Crippen molar-refractivity contribution in [3.63, 3.8) is 0 Å². The molecular formula is C11H18N4S. The molecule has 3 rings (SSSR count). The zero-order valence-electron chi connectivity index (χ0n) is 9.28. The predicted molar refractivity (Wildman–Crippen MR) is 66.5 cm³/mol. The van der Waals surface area contributed by atoms with Gasteiger partial charge in [0.2, 0.25) is 0 Å². The molecule has 4 nitrogen and oxygen atoms in total. The van der Waals surface area contributed by atoms with Gasteiger partial charge in [0.1, 0.15) is 0 Å². The molecule has 0 radical (unpaired) electrons. The first-order valence-corrected chi connectivity index (χ1v) is 7.03. The molecule has 2 aliphatic rings. The maximum atomic E-state index is 5.79. The highest BCUT2D eigenvalue weighted by atomic mass is 32.2. The number of aromatic amines is 1. The third kappa shape index (κ3) is 1.77. The number of rotatable bonds is 2. The first-order chi connectivity index (χ1) is 7.88. The molecule has 0 amide bonds. The Balaban J connectivity index is 1.87. The van der Waals surface area contributed by atoms with Gasteiger partial charge in [0.25, 0.3) is 0 Å². The monoisotopic (exact) mass is 238 g/mol. The number of thioether (sulfide) groups is 1. The van der Waals surface area contributed by atoms with Gasteiger partial charge in [-0.25, -0.2) is 4.98 Å². The molecule has 5 heteroatoms. The van der Waals surface area contributed by atoms with Crippen molar-refractivity contribution in [2.45, 2.75) is 36.6 Å². The Morgan fingerprint density at radius 3 is 3.25 bits per heavy atom. The van der Waals surface area contributed by atoms with E-state index in [1.54, 1.807) is 0 Å². The number of nitrogens with two attached hydrogens (primary N) is 1. The van der Waals surface area contributed by atoms with E-state index in [4.69, 9.17) is 5.73 Å². The van der Waals surface area contributed by atoms with Crippen molar-refractivity contribution >= 4 is 11.8 Å². The summed E-state index contributed by atoms with van der Waals surface area (Å²) in [4.78, 5) is 7.74. The molecule has 4 N–H and O–H groups in total. The minimum atomic E-state index is 0.399. The second kappa shape index (κ2) is 4.39. The van der Waals surface area contributed by atoms with Gasteiger partial charge in [-0.3, -0.25) is 0 Å². The molecule has 2 aliphatic heterocycles. The zero-order valence-corrected chi connectivity index (χ0v) is 10.1. The fraction of sp³-hybridized carbons (Fsp3) is 0.727. The van der Waals surface area contributed by atoms with Crippen molar-refractivity contribution in [2.75, 3.05) is 12.3 Å². The summed E-state index contributed by atoms with van der Waals surface area (Å²) in [5.74, 6) is 1.29. The van der Waals surface area contributed by atoms with Crippen molar-refractivity contribution in [3.05, 3.63) is 17.7 Å². The molecule has 0 aliphatic carbocycles. The van der Waals surface area contributed by atoms with Crippen LogP contribution in [0.5, 0.6) is 0 Å². The second-order valence-electron chi connectivity index (χ2n) is 4.60. The van der Waals surface area contributed by atoms with Gasteiger partial charge >= 0.3 is 0 Å². The molecule has 3 heterocycles. The van der Waals surface area contributed by atoms with Crippen LogP contribution in [0.25, 0.3) is 0 Å². The van der Waals surface area contributed by atoms with E-state index in [1.807, 2.05) is 6.33 Å². The minimum Gasteiger partial charge on any atom is -0.348 e. The van der Waals surface area contributed by atoms with Gasteiger partial charge in [-0.05, 0) is 18.6 Å². The highest BCUT2D eigenvalue weighted by molar-refractivity contribution is 8.00. The lowest BCUT2D eigenvalue weighted by atomic mass is 9.95. The Kier molecular flexibility index (Phi) is 2.91. The Labute approximate surface area is 99.8 Å². The van der Waals surface area contributed by atoms with Crippen molar-refractivity contribution in [2.24, 2.45) is 5.73 Å². The largest absolute Gasteiger partial charge is 0.348 e. The van der Waals surface area contributed by atoms with Gasteiger partial charge in [-0.1, -0.05) is 0 Å². The summed E-state index contributed by atoms with van der Waals surface area (Å²) in [5.41, 5.74) is 8.30. The van der Waals surface area contributed by atoms with E-state index in [9.17, 15) is 0 Å². The third-order valence-electron chi connectivity index (χ3n) is 3.53. The fourth-order valence-electron chi connectivity index (χ4n) is 2.70. The highest BCUT2D eigenvalue weighted by Gasteiger charge is 2.35. The average Bonchev–Trinajstić information content (AvgIpc) is 2.98. The smallest absolute Gasteiger partial charge is 0.0925 e. The third-order valence-corrected chi connectivity index (χ3v) is 4.99. The van der Waals surface area contributed by atoms with Gasteiger partial charge in [0.15, 0.2) is 0 Å². The number of hydrogen-bond donors (Lipinski definition) is 3. The van der Waals surface area contributed by atoms with Crippen molar-refractivity contribution in [1.82, 2.24) is 15.3 Å². The summed E-state index contributed by atoms with van der Waals surface area (Å²) in [6.07, 6.45) is 5.43. The number of fused-ring (bicyclic) bond motifs is 1. The Hall–Kier alpha value is -0.520. The van der Waals surface area contributed by atoms with Crippen LogP contribution >= 0.6 is 11.8 Å². The summed E-state index contributed by atoms with van der Waals surface area (Å²) in [6.45, 7) is 0.701. The SMILES string of the molecule is NCC1Cc2[nH]cnc2C(C2CCCS2)N1. The lowest BCUT2D eigenvalue weighted by Crippen LogP contribution is -2.47. The molecule has 1 saturated heterocycles. The highest BCUT2D eigenvalue weighted by Crippen LogP contribution is 2.38. The Bertz CT molecular complexity index is 359. The van der Waals surface area contributed by atoms with Crippen LogP contribution in [0.4, 0.5) is 0 Å². The molecule has 0 spiro atoms. The van der Waals surface area contributed by atoms with Gasteiger partial charge in [-0.2, -0.15) is 11.8 Å². The molecule has 16 heavy (non-hydrogen) atoms. The van der Waals surface area contributed by atoms with Crippen LogP contribution in [0.1, 0.15) is 30.3 Å². The first-order valence-electron chi connectivity index (χ1n) is 5.98. The number of hydrogen-bond acceptors (Lipinski definition) is 4. The molecule has 3 unspecified atom stereocenters. The Morgan fingerprint density at radius 2 is 2.50 bits per heavy atom. The quantitative estimate of drug-likeness (QED) is 0.713. The second-order valence-corrected chi connectivity index (χ2v) is 5.95. The maximum Gasteiger partial charge on any atom is 0.0925 e. The molecule has 3 atom stereocenters. The molecule has 88 valence electrons. The van der Waals surface area contributed by atoms with E-state index < -0.39 is 0 Å². The zero-order chi connectivity index (χ0) is 11.0. The average molecular weight is 238 g/mol. The molecule has 1 fully saturated rings. The summed E-state index contributed by atoms with van der Waals surface area (Å²) in [5, 5.41) is 4.34. The lowest BCUT2D eigenvalue weighted by molar-refractivity contribution is 0.386. The van der Waals surface area contributed by atoms with E-state index in [0.717, 1.165) is 6.42 Å². The van der Waals surface area contributed by atoms with Crippen LogP contribution in [-0.4, -0.2) is 33.6 Å².